The molecule has 0 bridgehead atoms. The molecule has 0 radical (unpaired) electrons. The fourth-order valence-corrected chi connectivity index (χ4v) is 3.17. The zero-order chi connectivity index (χ0) is 20.1. The van der Waals surface area contributed by atoms with Gasteiger partial charge in [-0.25, -0.2) is 0 Å². The van der Waals surface area contributed by atoms with E-state index in [4.69, 9.17) is 23.2 Å². The van der Waals surface area contributed by atoms with Crippen molar-refractivity contribution in [2.45, 2.75) is 19.8 Å². The Balaban J connectivity index is 1.60. The van der Waals surface area contributed by atoms with Crippen molar-refractivity contribution in [1.29, 1.82) is 0 Å². The lowest BCUT2D eigenvalue weighted by Gasteiger charge is -2.09. The Kier molecular flexibility index (Phi) is 6.50. The van der Waals surface area contributed by atoms with Gasteiger partial charge in [-0.05, 0) is 53.9 Å². The zero-order valence-electron chi connectivity index (χ0n) is 15.3. The number of carbonyl (C=O) groups is 2. The molecule has 0 fully saturated rings. The van der Waals surface area contributed by atoms with Crippen LogP contribution in [0.15, 0.2) is 66.7 Å². The predicted octanol–water partition coefficient (Wildman–Crippen LogP) is 5.91. The summed E-state index contributed by atoms with van der Waals surface area (Å²) in [6.45, 7) is 1.94. The van der Waals surface area contributed by atoms with E-state index < -0.39 is 0 Å². The molecule has 0 saturated carbocycles. The Morgan fingerprint density at radius 1 is 0.821 bits per heavy atom. The lowest BCUT2D eigenvalue weighted by molar-refractivity contribution is -0.117. The number of hydrogen-bond acceptors (Lipinski definition) is 2. The first-order valence-electron chi connectivity index (χ1n) is 8.84. The average molecular weight is 412 g/mol. The smallest absolute Gasteiger partial charge is 0.255 e. The first-order valence-corrected chi connectivity index (χ1v) is 9.59. The first kappa shape index (κ1) is 20.1. The number of benzene rings is 3. The van der Waals surface area contributed by atoms with Crippen LogP contribution in [0.3, 0.4) is 0 Å². The minimum Gasteiger partial charge on any atom is -0.322 e. The van der Waals surface area contributed by atoms with E-state index in [0.29, 0.717) is 22.0 Å². The van der Waals surface area contributed by atoms with Crippen LogP contribution in [-0.2, 0) is 17.6 Å². The van der Waals surface area contributed by atoms with E-state index in [9.17, 15) is 9.59 Å². The summed E-state index contributed by atoms with van der Waals surface area (Å²) in [5.41, 5.74) is 4.02. The number of carbonyl (C=O) groups excluding carboxylic acids is 2. The van der Waals surface area contributed by atoms with Gasteiger partial charge < -0.3 is 5.32 Å². The van der Waals surface area contributed by atoms with Crippen molar-refractivity contribution in [2.24, 2.45) is 0 Å². The summed E-state index contributed by atoms with van der Waals surface area (Å²) < 4.78 is 0. The van der Waals surface area contributed by atoms with Gasteiger partial charge in [0.05, 0.1) is 10.0 Å². The minimum absolute atomic E-state index is 0.0653. The predicted molar refractivity (Wildman–Crippen MR) is 114 cm³/mol. The number of aryl methyl sites for hydroxylation is 1. The van der Waals surface area contributed by atoms with E-state index in [1.807, 2.05) is 31.2 Å². The fourth-order valence-electron chi connectivity index (χ4n) is 2.85. The maximum atomic E-state index is 12.4. The van der Waals surface area contributed by atoms with Crippen molar-refractivity contribution in [2.75, 3.05) is 5.32 Å². The number of para-hydroxylation sites is 1. The minimum atomic E-state index is -0.178. The molecule has 3 rings (SSSR count). The Morgan fingerprint density at radius 3 is 2.14 bits per heavy atom. The summed E-state index contributed by atoms with van der Waals surface area (Å²) in [5.74, 6) is -0.113. The van der Waals surface area contributed by atoms with Gasteiger partial charge in [-0.1, -0.05) is 59.6 Å². The molecular weight excluding hydrogens is 393 g/mol. The molecular formula is C23H19Cl2NO2. The Labute approximate surface area is 174 Å². The quantitative estimate of drug-likeness (QED) is 0.547. The summed E-state index contributed by atoms with van der Waals surface area (Å²) in [7, 11) is 0. The molecule has 5 heteroatoms. The van der Waals surface area contributed by atoms with Crippen molar-refractivity contribution >= 4 is 40.6 Å². The lowest BCUT2D eigenvalue weighted by Crippen LogP contribution is -2.13. The molecule has 0 unspecified atom stereocenters. The van der Waals surface area contributed by atoms with Crippen LogP contribution in [0, 0.1) is 6.92 Å². The fraction of sp³-hybridized carbons (Fsp3) is 0.130. The highest BCUT2D eigenvalue weighted by Gasteiger charge is 2.10. The second kappa shape index (κ2) is 9.05. The second-order valence-corrected chi connectivity index (χ2v) is 7.42. The Bertz CT molecular complexity index is 1010. The van der Waals surface area contributed by atoms with Crippen LogP contribution in [0.2, 0.25) is 10.0 Å². The Morgan fingerprint density at radius 2 is 1.46 bits per heavy atom. The molecule has 1 N–H and O–H groups in total. The van der Waals surface area contributed by atoms with Gasteiger partial charge in [-0.15, -0.1) is 0 Å². The number of amides is 1. The molecule has 0 atom stereocenters. The standard InChI is InChI=1S/C23H19Cl2NO2/c1-15-4-2-3-5-22(15)26-23(28)18-9-6-16(7-10-18)12-19(27)13-17-8-11-20(24)21(25)14-17/h2-11,14H,12-13H2,1H3,(H,26,28). The van der Waals surface area contributed by atoms with Gasteiger partial charge in [0.1, 0.15) is 5.78 Å². The number of nitrogens with one attached hydrogen (secondary N) is 1. The van der Waals surface area contributed by atoms with Gasteiger partial charge in [0, 0.05) is 24.1 Å². The SMILES string of the molecule is Cc1ccccc1NC(=O)c1ccc(CC(=O)Cc2ccc(Cl)c(Cl)c2)cc1. The number of hydrogen-bond donors (Lipinski definition) is 1. The maximum Gasteiger partial charge on any atom is 0.255 e. The van der Waals surface area contributed by atoms with Crippen molar-refractivity contribution in [3.8, 4) is 0 Å². The molecule has 3 aromatic carbocycles. The molecule has 0 aliphatic rings. The normalized spacial score (nSPS) is 10.5. The van der Waals surface area contributed by atoms with Gasteiger partial charge in [0.25, 0.3) is 5.91 Å². The van der Waals surface area contributed by atoms with Gasteiger partial charge in [0.2, 0.25) is 0 Å². The molecule has 3 nitrogen and oxygen atoms in total. The van der Waals surface area contributed by atoms with Gasteiger partial charge in [0.15, 0.2) is 0 Å². The van der Waals surface area contributed by atoms with Crippen LogP contribution in [0.5, 0.6) is 0 Å². The van der Waals surface area contributed by atoms with Crippen LogP contribution in [0.4, 0.5) is 5.69 Å². The van der Waals surface area contributed by atoms with Crippen molar-refractivity contribution in [1.82, 2.24) is 0 Å². The molecule has 0 heterocycles. The lowest BCUT2D eigenvalue weighted by atomic mass is 10.0. The number of anilines is 1. The van der Waals surface area contributed by atoms with Crippen molar-refractivity contribution < 1.29 is 9.59 Å². The van der Waals surface area contributed by atoms with E-state index in [-0.39, 0.29) is 18.1 Å². The summed E-state index contributed by atoms with van der Waals surface area (Å²) in [6.07, 6.45) is 0.576. The number of halogens is 2. The molecule has 142 valence electrons. The van der Waals surface area contributed by atoms with Crippen LogP contribution in [0.1, 0.15) is 27.0 Å². The van der Waals surface area contributed by atoms with Gasteiger partial charge >= 0.3 is 0 Å². The topological polar surface area (TPSA) is 46.2 Å². The van der Waals surface area contributed by atoms with E-state index in [1.165, 1.54) is 0 Å². The van der Waals surface area contributed by atoms with Crippen LogP contribution in [-0.4, -0.2) is 11.7 Å². The Hall–Kier alpha value is -2.62. The van der Waals surface area contributed by atoms with Crippen LogP contribution < -0.4 is 5.32 Å². The third-order valence-electron chi connectivity index (χ3n) is 4.40. The van der Waals surface area contributed by atoms with Crippen molar-refractivity contribution in [3.05, 3.63) is 99.0 Å². The molecule has 0 aliphatic heterocycles. The van der Waals surface area contributed by atoms with E-state index >= 15 is 0 Å². The molecule has 3 aromatic rings. The molecule has 0 spiro atoms. The second-order valence-electron chi connectivity index (χ2n) is 6.61. The van der Waals surface area contributed by atoms with Crippen molar-refractivity contribution in [3.63, 3.8) is 0 Å². The van der Waals surface area contributed by atoms with Gasteiger partial charge in [-0.3, -0.25) is 9.59 Å². The highest BCUT2D eigenvalue weighted by Crippen LogP contribution is 2.23. The van der Waals surface area contributed by atoms with Crippen LogP contribution in [0.25, 0.3) is 0 Å². The highest BCUT2D eigenvalue weighted by atomic mass is 35.5. The third kappa shape index (κ3) is 5.22. The summed E-state index contributed by atoms with van der Waals surface area (Å²) >= 11 is 11.9. The molecule has 28 heavy (non-hydrogen) atoms. The molecule has 0 aliphatic carbocycles. The van der Waals surface area contributed by atoms with E-state index in [0.717, 1.165) is 22.4 Å². The van der Waals surface area contributed by atoms with E-state index in [1.54, 1.807) is 42.5 Å². The summed E-state index contributed by atoms with van der Waals surface area (Å²) in [6, 6.07) is 19.9. The molecule has 0 aromatic heterocycles. The maximum absolute atomic E-state index is 12.4. The average Bonchev–Trinajstić information content (AvgIpc) is 2.67. The summed E-state index contributed by atoms with van der Waals surface area (Å²) in [5, 5.41) is 3.81. The van der Waals surface area contributed by atoms with Gasteiger partial charge in [-0.2, -0.15) is 0 Å². The number of rotatable bonds is 6. The third-order valence-corrected chi connectivity index (χ3v) is 5.14. The monoisotopic (exact) mass is 411 g/mol. The first-order chi connectivity index (χ1) is 13.4. The van der Waals surface area contributed by atoms with E-state index in [2.05, 4.69) is 5.32 Å². The number of ketones is 1. The van der Waals surface area contributed by atoms with Crippen LogP contribution >= 0.6 is 23.2 Å². The molecule has 1 amide bonds. The largest absolute Gasteiger partial charge is 0.322 e. The summed E-state index contributed by atoms with van der Waals surface area (Å²) in [4.78, 5) is 24.7. The molecule has 0 saturated heterocycles. The highest BCUT2D eigenvalue weighted by molar-refractivity contribution is 6.42. The number of Topliss-reactive ketones (excluding diaryl/α,β-unsaturated/α-hetero) is 1. The zero-order valence-corrected chi connectivity index (χ0v) is 16.8.